The summed E-state index contributed by atoms with van der Waals surface area (Å²) in [7, 11) is 0. The van der Waals surface area contributed by atoms with Gasteiger partial charge in [0.2, 0.25) is 0 Å². The summed E-state index contributed by atoms with van der Waals surface area (Å²) in [6.45, 7) is 2.46. The van der Waals surface area contributed by atoms with E-state index in [0.717, 1.165) is 30.8 Å². The van der Waals surface area contributed by atoms with Crippen LogP contribution in [0.1, 0.15) is 23.1 Å². The van der Waals surface area contributed by atoms with E-state index in [2.05, 4.69) is 29.6 Å². The molecule has 0 unspecified atom stereocenters. The molecule has 1 aliphatic heterocycles. The van der Waals surface area contributed by atoms with Gasteiger partial charge in [0.15, 0.2) is 0 Å². The van der Waals surface area contributed by atoms with Gasteiger partial charge in [0, 0.05) is 6.54 Å². The minimum atomic E-state index is 0. The van der Waals surface area contributed by atoms with Crippen molar-refractivity contribution in [1.29, 1.82) is 5.26 Å². The summed E-state index contributed by atoms with van der Waals surface area (Å²) in [6, 6.07) is 17.9. The SMILES string of the molecule is Cl.N#Cc1cccc(COc2ccc(C3=CCNCC3)cc2)c1. The summed E-state index contributed by atoms with van der Waals surface area (Å²) in [5.74, 6) is 0.848. The summed E-state index contributed by atoms with van der Waals surface area (Å²) in [5.41, 5.74) is 4.32. The zero-order valence-corrected chi connectivity index (χ0v) is 13.6. The van der Waals surface area contributed by atoms with Gasteiger partial charge in [-0.25, -0.2) is 0 Å². The Morgan fingerprint density at radius 2 is 1.96 bits per heavy atom. The van der Waals surface area contributed by atoms with E-state index in [1.165, 1.54) is 11.1 Å². The second-order valence-electron chi connectivity index (χ2n) is 5.31. The third-order valence-corrected chi connectivity index (χ3v) is 3.75. The fraction of sp³-hybridized carbons (Fsp3) is 0.211. The van der Waals surface area contributed by atoms with Crippen molar-refractivity contribution < 1.29 is 4.74 Å². The predicted molar refractivity (Wildman–Crippen MR) is 94.6 cm³/mol. The summed E-state index contributed by atoms with van der Waals surface area (Å²) in [5, 5.41) is 12.2. The number of hydrogen-bond acceptors (Lipinski definition) is 3. The van der Waals surface area contributed by atoms with E-state index in [1.807, 2.05) is 30.3 Å². The molecule has 1 heterocycles. The first kappa shape index (κ1) is 17.1. The van der Waals surface area contributed by atoms with Crippen LogP contribution in [-0.4, -0.2) is 13.1 Å². The number of rotatable bonds is 4. The van der Waals surface area contributed by atoms with Gasteiger partial charge in [-0.05, 0) is 53.9 Å². The van der Waals surface area contributed by atoms with Crippen molar-refractivity contribution in [2.24, 2.45) is 0 Å². The first-order valence-corrected chi connectivity index (χ1v) is 7.47. The number of nitrogens with one attached hydrogen (secondary N) is 1. The van der Waals surface area contributed by atoms with Crippen LogP contribution in [0.25, 0.3) is 5.57 Å². The average Bonchev–Trinajstić information content (AvgIpc) is 2.61. The molecule has 0 bridgehead atoms. The van der Waals surface area contributed by atoms with Crippen LogP contribution >= 0.6 is 12.4 Å². The monoisotopic (exact) mass is 326 g/mol. The van der Waals surface area contributed by atoms with Crippen LogP contribution < -0.4 is 10.1 Å². The normalized spacial score (nSPS) is 13.4. The molecule has 2 aromatic rings. The Morgan fingerprint density at radius 3 is 2.65 bits per heavy atom. The highest BCUT2D eigenvalue weighted by molar-refractivity contribution is 5.85. The maximum atomic E-state index is 8.90. The smallest absolute Gasteiger partial charge is 0.119 e. The lowest BCUT2D eigenvalue weighted by Crippen LogP contribution is -2.19. The topological polar surface area (TPSA) is 45.0 Å². The molecule has 0 amide bonds. The summed E-state index contributed by atoms with van der Waals surface area (Å²) in [4.78, 5) is 0. The molecule has 2 aromatic carbocycles. The molecule has 0 aromatic heterocycles. The van der Waals surface area contributed by atoms with Gasteiger partial charge in [0.1, 0.15) is 12.4 Å². The first-order chi connectivity index (χ1) is 10.8. The van der Waals surface area contributed by atoms with E-state index in [0.29, 0.717) is 12.2 Å². The van der Waals surface area contributed by atoms with Gasteiger partial charge >= 0.3 is 0 Å². The Labute approximate surface area is 143 Å². The molecule has 23 heavy (non-hydrogen) atoms. The van der Waals surface area contributed by atoms with Crippen LogP contribution in [0.4, 0.5) is 0 Å². The first-order valence-electron chi connectivity index (χ1n) is 7.47. The zero-order chi connectivity index (χ0) is 15.2. The molecule has 4 heteroatoms. The van der Waals surface area contributed by atoms with Gasteiger partial charge in [-0.2, -0.15) is 5.26 Å². The summed E-state index contributed by atoms with van der Waals surface area (Å²) < 4.78 is 5.79. The molecule has 3 nitrogen and oxygen atoms in total. The molecule has 0 saturated carbocycles. The maximum Gasteiger partial charge on any atom is 0.119 e. The van der Waals surface area contributed by atoms with Crippen molar-refractivity contribution in [2.45, 2.75) is 13.0 Å². The molecule has 0 saturated heterocycles. The zero-order valence-electron chi connectivity index (χ0n) is 12.8. The lowest BCUT2D eigenvalue weighted by atomic mass is 10.0. The molecule has 0 atom stereocenters. The molecule has 0 aliphatic carbocycles. The van der Waals surface area contributed by atoms with Crippen LogP contribution in [0, 0.1) is 11.3 Å². The Bertz CT molecular complexity index is 717. The molecule has 0 fully saturated rings. The van der Waals surface area contributed by atoms with Crippen LogP contribution in [0.2, 0.25) is 0 Å². The number of halogens is 1. The highest BCUT2D eigenvalue weighted by Gasteiger charge is 2.05. The minimum Gasteiger partial charge on any atom is -0.489 e. The van der Waals surface area contributed by atoms with Crippen molar-refractivity contribution in [2.75, 3.05) is 13.1 Å². The molecule has 0 spiro atoms. The standard InChI is InChI=1S/C19H18N2O.ClH/c20-13-15-2-1-3-16(12-15)14-22-19-6-4-17(5-7-19)18-8-10-21-11-9-18;/h1-8,12,21H,9-11,14H2;1H. The fourth-order valence-corrected chi connectivity index (χ4v) is 2.55. The largest absolute Gasteiger partial charge is 0.489 e. The van der Waals surface area contributed by atoms with Crippen molar-refractivity contribution in [3.63, 3.8) is 0 Å². The molecule has 0 radical (unpaired) electrons. The second-order valence-corrected chi connectivity index (χ2v) is 5.31. The van der Waals surface area contributed by atoms with Crippen molar-refractivity contribution in [1.82, 2.24) is 5.32 Å². The molecule has 118 valence electrons. The predicted octanol–water partition coefficient (Wildman–Crippen LogP) is 3.94. The fourth-order valence-electron chi connectivity index (χ4n) is 2.55. The van der Waals surface area contributed by atoms with Crippen LogP contribution in [0.3, 0.4) is 0 Å². The summed E-state index contributed by atoms with van der Waals surface area (Å²) in [6.07, 6.45) is 3.31. The van der Waals surface area contributed by atoms with Crippen LogP contribution in [0.15, 0.2) is 54.6 Å². The molecular formula is C19H19ClN2O. The number of nitrogens with zero attached hydrogens (tertiary/aromatic N) is 1. The Hall–Kier alpha value is -2.28. The Kier molecular flexibility index (Phi) is 6.22. The molecule has 3 rings (SSSR count). The lowest BCUT2D eigenvalue weighted by molar-refractivity contribution is 0.306. The third kappa shape index (κ3) is 4.59. The highest BCUT2D eigenvalue weighted by atomic mass is 35.5. The average molecular weight is 327 g/mol. The molecule has 1 N–H and O–H groups in total. The third-order valence-electron chi connectivity index (χ3n) is 3.75. The van der Waals surface area contributed by atoms with E-state index < -0.39 is 0 Å². The molecular weight excluding hydrogens is 308 g/mol. The maximum absolute atomic E-state index is 8.90. The van der Waals surface area contributed by atoms with Gasteiger partial charge in [-0.1, -0.05) is 30.3 Å². The van der Waals surface area contributed by atoms with E-state index in [1.54, 1.807) is 6.07 Å². The van der Waals surface area contributed by atoms with Crippen molar-refractivity contribution >= 4 is 18.0 Å². The Balaban J connectivity index is 0.00000192. The summed E-state index contributed by atoms with van der Waals surface area (Å²) >= 11 is 0. The van der Waals surface area contributed by atoms with E-state index in [4.69, 9.17) is 10.00 Å². The number of hydrogen-bond donors (Lipinski definition) is 1. The quantitative estimate of drug-likeness (QED) is 0.925. The van der Waals surface area contributed by atoms with Gasteiger partial charge in [0.05, 0.1) is 11.6 Å². The van der Waals surface area contributed by atoms with E-state index in [-0.39, 0.29) is 12.4 Å². The van der Waals surface area contributed by atoms with Crippen molar-refractivity contribution in [3.8, 4) is 11.8 Å². The van der Waals surface area contributed by atoms with Gasteiger partial charge in [-0.3, -0.25) is 0 Å². The van der Waals surface area contributed by atoms with Crippen LogP contribution in [0.5, 0.6) is 5.75 Å². The van der Waals surface area contributed by atoms with Gasteiger partial charge in [0.25, 0.3) is 0 Å². The van der Waals surface area contributed by atoms with Crippen LogP contribution in [-0.2, 0) is 6.61 Å². The lowest BCUT2D eigenvalue weighted by Gasteiger charge is -2.14. The van der Waals surface area contributed by atoms with Gasteiger partial charge in [-0.15, -0.1) is 12.4 Å². The van der Waals surface area contributed by atoms with E-state index >= 15 is 0 Å². The second kappa shape index (κ2) is 8.38. The van der Waals surface area contributed by atoms with Gasteiger partial charge < -0.3 is 10.1 Å². The number of benzene rings is 2. The minimum absolute atomic E-state index is 0. The number of nitriles is 1. The number of ether oxygens (including phenoxy) is 1. The molecule has 1 aliphatic rings. The van der Waals surface area contributed by atoms with E-state index in [9.17, 15) is 0 Å². The highest BCUT2D eigenvalue weighted by Crippen LogP contribution is 2.22. The Morgan fingerprint density at radius 1 is 1.13 bits per heavy atom. The van der Waals surface area contributed by atoms with Crippen molar-refractivity contribution in [3.05, 3.63) is 71.3 Å².